The number of nitrogens with zero attached hydrogens (tertiary/aromatic N) is 1. The molecule has 0 radical (unpaired) electrons. The molecule has 2 aliphatic heterocycles. The number of nitrogens with one attached hydrogen (secondary N) is 2. The van der Waals surface area contributed by atoms with E-state index in [0.717, 1.165) is 38.0 Å². The van der Waals surface area contributed by atoms with Crippen LogP contribution in [0.1, 0.15) is 24.4 Å². The SMILES string of the molecule is O=C(NCC(c1ccc(F)cc1)N1CCOCC1)C1CCCN1. The summed E-state index contributed by atoms with van der Waals surface area (Å²) in [5, 5.41) is 6.27. The van der Waals surface area contributed by atoms with Crippen LogP contribution in [0.15, 0.2) is 24.3 Å². The van der Waals surface area contributed by atoms with E-state index in [1.54, 1.807) is 12.1 Å². The number of carbonyl (C=O) groups is 1. The Morgan fingerprint density at radius 3 is 2.74 bits per heavy atom. The van der Waals surface area contributed by atoms with Crippen LogP contribution in [0.5, 0.6) is 0 Å². The maximum absolute atomic E-state index is 13.2. The number of amides is 1. The number of halogens is 1. The van der Waals surface area contributed by atoms with Gasteiger partial charge in [0.1, 0.15) is 5.82 Å². The van der Waals surface area contributed by atoms with Crippen molar-refractivity contribution >= 4 is 5.91 Å². The van der Waals surface area contributed by atoms with Gasteiger partial charge in [0.15, 0.2) is 0 Å². The number of hydrogen-bond acceptors (Lipinski definition) is 4. The fraction of sp³-hybridized carbons (Fsp3) is 0.588. The summed E-state index contributed by atoms with van der Waals surface area (Å²) in [5.74, 6) is -0.184. The lowest BCUT2D eigenvalue weighted by molar-refractivity contribution is -0.123. The van der Waals surface area contributed by atoms with Gasteiger partial charge < -0.3 is 15.4 Å². The highest BCUT2D eigenvalue weighted by Gasteiger charge is 2.26. The maximum Gasteiger partial charge on any atom is 0.237 e. The molecule has 0 aromatic heterocycles. The standard InChI is InChI=1S/C17H24FN3O2/c18-14-5-3-13(4-6-14)16(21-8-10-23-11-9-21)12-20-17(22)15-2-1-7-19-15/h3-6,15-16,19H,1-2,7-12H2,(H,20,22). The van der Waals surface area contributed by atoms with Crippen molar-refractivity contribution in [2.45, 2.75) is 24.9 Å². The van der Waals surface area contributed by atoms with Gasteiger partial charge in [0.2, 0.25) is 5.91 Å². The number of rotatable bonds is 5. The molecule has 5 nitrogen and oxygen atoms in total. The van der Waals surface area contributed by atoms with Crippen molar-refractivity contribution in [2.24, 2.45) is 0 Å². The first-order valence-corrected chi connectivity index (χ1v) is 8.32. The Morgan fingerprint density at radius 1 is 1.35 bits per heavy atom. The first-order valence-electron chi connectivity index (χ1n) is 8.32. The molecule has 126 valence electrons. The Balaban J connectivity index is 1.66. The quantitative estimate of drug-likeness (QED) is 0.852. The summed E-state index contributed by atoms with van der Waals surface area (Å²) in [6.07, 6.45) is 1.94. The van der Waals surface area contributed by atoms with Gasteiger partial charge in [0, 0.05) is 19.6 Å². The van der Waals surface area contributed by atoms with Crippen LogP contribution >= 0.6 is 0 Å². The molecule has 3 rings (SSSR count). The van der Waals surface area contributed by atoms with Crippen LogP contribution < -0.4 is 10.6 Å². The third-order valence-electron chi connectivity index (χ3n) is 4.59. The first-order chi connectivity index (χ1) is 11.2. The molecule has 0 aliphatic carbocycles. The molecule has 6 heteroatoms. The Kier molecular flexibility index (Phi) is 5.59. The summed E-state index contributed by atoms with van der Waals surface area (Å²) in [4.78, 5) is 14.5. The molecule has 23 heavy (non-hydrogen) atoms. The fourth-order valence-corrected chi connectivity index (χ4v) is 3.26. The highest BCUT2D eigenvalue weighted by atomic mass is 19.1. The monoisotopic (exact) mass is 321 g/mol. The zero-order valence-corrected chi connectivity index (χ0v) is 13.3. The highest BCUT2D eigenvalue weighted by molar-refractivity contribution is 5.82. The van der Waals surface area contributed by atoms with Crippen molar-refractivity contribution < 1.29 is 13.9 Å². The second-order valence-corrected chi connectivity index (χ2v) is 6.11. The van der Waals surface area contributed by atoms with Gasteiger partial charge in [0.25, 0.3) is 0 Å². The number of morpholine rings is 1. The molecule has 1 aromatic rings. The lowest BCUT2D eigenvalue weighted by Crippen LogP contribution is -2.47. The van der Waals surface area contributed by atoms with Crippen LogP contribution in [0.2, 0.25) is 0 Å². The van der Waals surface area contributed by atoms with Crippen LogP contribution in [-0.4, -0.2) is 56.2 Å². The molecule has 2 fully saturated rings. The van der Waals surface area contributed by atoms with Crippen molar-refractivity contribution in [3.8, 4) is 0 Å². The molecule has 0 spiro atoms. The average molecular weight is 321 g/mol. The molecule has 2 atom stereocenters. The van der Waals surface area contributed by atoms with E-state index < -0.39 is 0 Å². The van der Waals surface area contributed by atoms with Crippen molar-refractivity contribution in [2.75, 3.05) is 39.4 Å². The molecule has 2 N–H and O–H groups in total. The molecular weight excluding hydrogens is 297 g/mol. The van der Waals surface area contributed by atoms with Gasteiger partial charge in [-0.2, -0.15) is 0 Å². The van der Waals surface area contributed by atoms with Crippen molar-refractivity contribution in [3.05, 3.63) is 35.6 Å². The largest absolute Gasteiger partial charge is 0.379 e. The molecule has 0 saturated carbocycles. The van der Waals surface area contributed by atoms with Gasteiger partial charge >= 0.3 is 0 Å². The highest BCUT2D eigenvalue weighted by Crippen LogP contribution is 2.22. The van der Waals surface area contributed by atoms with Crippen LogP contribution in [0.25, 0.3) is 0 Å². The summed E-state index contributed by atoms with van der Waals surface area (Å²) >= 11 is 0. The zero-order valence-electron chi connectivity index (χ0n) is 13.3. The summed E-state index contributed by atoms with van der Waals surface area (Å²) in [7, 11) is 0. The van der Waals surface area contributed by atoms with Crippen LogP contribution in [0.3, 0.4) is 0 Å². The van der Waals surface area contributed by atoms with E-state index in [1.807, 2.05) is 0 Å². The van der Waals surface area contributed by atoms with E-state index in [4.69, 9.17) is 4.74 Å². The van der Waals surface area contributed by atoms with Crippen molar-refractivity contribution in [1.29, 1.82) is 0 Å². The Morgan fingerprint density at radius 2 is 2.09 bits per heavy atom. The van der Waals surface area contributed by atoms with Crippen LogP contribution in [0.4, 0.5) is 4.39 Å². The van der Waals surface area contributed by atoms with Gasteiger partial charge in [-0.05, 0) is 37.1 Å². The first kappa shape index (κ1) is 16.4. The fourth-order valence-electron chi connectivity index (χ4n) is 3.26. The van der Waals surface area contributed by atoms with Crippen molar-refractivity contribution in [1.82, 2.24) is 15.5 Å². The second-order valence-electron chi connectivity index (χ2n) is 6.11. The van der Waals surface area contributed by atoms with Crippen LogP contribution in [0, 0.1) is 5.82 Å². The third kappa shape index (κ3) is 4.28. The van der Waals surface area contributed by atoms with Gasteiger partial charge in [-0.3, -0.25) is 9.69 Å². The van der Waals surface area contributed by atoms with Gasteiger partial charge in [-0.1, -0.05) is 12.1 Å². The minimum absolute atomic E-state index is 0.0462. The van der Waals surface area contributed by atoms with E-state index >= 15 is 0 Å². The maximum atomic E-state index is 13.2. The smallest absolute Gasteiger partial charge is 0.237 e. The number of hydrogen-bond donors (Lipinski definition) is 2. The topological polar surface area (TPSA) is 53.6 Å². The minimum atomic E-state index is -0.242. The van der Waals surface area contributed by atoms with E-state index in [1.165, 1.54) is 12.1 Å². The Labute approximate surface area is 136 Å². The van der Waals surface area contributed by atoms with Gasteiger partial charge in [-0.25, -0.2) is 4.39 Å². The normalized spacial score (nSPS) is 23.6. The molecular formula is C17H24FN3O2. The average Bonchev–Trinajstić information content (AvgIpc) is 3.12. The summed E-state index contributed by atoms with van der Waals surface area (Å²) in [5.41, 5.74) is 1.02. The van der Waals surface area contributed by atoms with Crippen LogP contribution in [-0.2, 0) is 9.53 Å². The van der Waals surface area contributed by atoms with Crippen molar-refractivity contribution in [3.63, 3.8) is 0 Å². The molecule has 2 heterocycles. The Hall–Kier alpha value is -1.50. The molecule has 2 saturated heterocycles. The minimum Gasteiger partial charge on any atom is -0.379 e. The lowest BCUT2D eigenvalue weighted by atomic mass is 10.0. The predicted octanol–water partition coefficient (Wildman–Crippen LogP) is 1.07. The Bertz CT molecular complexity index is 511. The predicted molar refractivity (Wildman–Crippen MR) is 85.6 cm³/mol. The van der Waals surface area contributed by atoms with E-state index in [-0.39, 0.29) is 23.8 Å². The van der Waals surface area contributed by atoms with Gasteiger partial charge in [0.05, 0.1) is 25.3 Å². The molecule has 0 bridgehead atoms. The van der Waals surface area contributed by atoms with E-state index in [2.05, 4.69) is 15.5 Å². The summed E-state index contributed by atoms with van der Waals surface area (Å²) in [6.45, 7) is 4.45. The molecule has 1 aromatic carbocycles. The number of benzene rings is 1. The summed E-state index contributed by atoms with van der Waals surface area (Å²) < 4.78 is 18.6. The second kappa shape index (κ2) is 7.86. The lowest BCUT2D eigenvalue weighted by Gasteiger charge is -2.35. The number of carbonyl (C=O) groups excluding carboxylic acids is 1. The number of ether oxygens (including phenoxy) is 1. The molecule has 1 amide bonds. The summed E-state index contributed by atoms with van der Waals surface area (Å²) in [6, 6.07) is 6.52. The third-order valence-corrected chi connectivity index (χ3v) is 4.59. The molecule has 2 unspecified atom stereocenters. The van der Waals surface area contributed by atoms with Gasteiger partial charge in [-0.15, -0.1) is 0 Å². The van der Waals surface area contributed by atoms with E-state index in [0.29, 0.717) is 19.8 Å². The van der Waals surface area contributed by atoms with E-state index in [9.17, 15) is 9.18 Å². The molecule has 2 aliphatic rings. The zero-order chi connectivity index (χ0) is 16.1.